The average Bonchev–Trinajstić information content (AvgIpc) is 3.06. The van der Waals surface area contributed by atoms with E-state index in [0.29, 0.717) is 11.3 Å². The van der Waals surface area contributed by atoms with E-state index < -0.39 is 85.3 Å². The molecular weight excluding hydrogens is 642 g/mol. The monoisotopic (exact) mass is 685 g/mol. The molecule has 2 aromatic rings. The van der Waals surface area contributed by atoms with Gasteiger partial charge in [0, 0.05) is 37.5 Å². The predicted molar refractivity (Wildman–Crippen MR) is 162 cm³/mol. The van der Waals surface area contributed by atoms with Crippen LogP contribution in [-0.4, -0.2) is 141 Å². The summed E-state index contributed by atoms with van der Waals surface area (Å²) in [5.41, 5.74) is -0.0327. The molecule has 0 saturated carbocycles. The summed E-state index contributed by atoms with van der Waals surface area (Å²) in [4.78, 5) is 36.4. The van der Waals surface area contributed by atoms with Crippen LogP contribution in [0.25, 0.3) is 11.0 Å². The topological polar surface area (TPSA) is 231 Å². The number of esters is 1. The second kappa shape index (κ2) is 18.0. The number of carbonyl (C=O) groups is 2. The Hall–Kier alpha value is -3.23. The van der Waals surface area contributed by atoms with Crippen LogP contribution in [0.1, 0.15) is 13.8 Å². The number of methoxy groups -OCH3 is 1. The summed E-state index contributed by atoms with van der Waals surface area (Å²) in [7, 11) is 1.21. The Kier molecular flexibility index (Phi) is 14.1. The molecule has 1 aromatic heterocycles. The van der Waals surface area contributed by atoms with Crippen molar-refractivity contribution in [2.75, 3.05) is 53.4 Å². The SMILES string of the molecule is COC1OC(C(=O)OCCOCCOCCOc2ccc3ccc(=O)oc3c2)[C@@H](O[C@@H]2OC(CO)C(O)C(C)C2NC(C)=O)C(O)C1O. The molecule has 268 valence electrons. The standard InChI is InChI=1S/C31H43NO16/c1-16-23(32-17(2)34)30(46-21(15-33)24(16)36)47-27-25(37)26(38)31(40-3)48-28(27)29(39)44-13-11-42-9-8-41-10-12-43-19-6-4-18-5-7-22(35)45-20(18)14-19/h4-7,14,16,21,23-28,30-31,33,36-38H,8-13,15H2,1-3H3,(H,32,34)/t16?,21?,23?,24?,25?,26?,27-,28?,30-,31?/m0/s1. The van der Waals surface area contributed by atoms with Crippen LogP contribution in [0.15, 0.2) is 39.5 Å². The summed E-state index contributed by atoms with van der Waals surface area (Å²) in [6, 6.07) is 7.21. The maximum Gasteiger partial charge on any atom is 0.338 e. The molecule has 10 atom stereocenters. The first-order chi connectivity index (χ1) is 23.0. The van der Waals surface area contributed by atoms with E-state index in [4.69, 9.17) is 42.3 Å². The van der Waals surface area contributed by atoms with Gasteiger partial charge < -0.3 is 68.1 Å². The van der Waals surface area contributed by atoms with Gasteiger partial charge in [-0.05, 0) is 18.2 Å². The Morgan fingerprint density at radius 1 is 0.896 bits per heavy atom. The predicted octanol–water partition coefficient (Wildman–Crippen LogP) is -1.55. The summed E-state index contributed by atoms with van der Waals surface area (Å²) in [6.45, 7) is 2.98. The Labute approximate surface area is 275 Å². The molecule has 0 aliphatic carbocycles. The highest BCUT2D eigenvalue weighted by Crippen LogP contribution is 2.32. The van der Waals surface area contributed by atoms with Gasteiger partial charge in [-0.25, -0.2) is 9.59 Å². The first kappa shape index (κ1) is 37.6. The fourth-order valence-corrected chi connectivity index (χ4v) is 5.32. The van der Waals surface area contributed by atoms with Gasteiger partial charge in [0.1, 0.15) is 49.0 Å². The summed E-state index contributed by atoms with van der Waals surface area (Å²) in [5.74, 6) is -1.57. The molecule has 8 unspecified atom stereocenters. The van der Waals surface area contributed by atoms with Gasteiger partial charge in [0.05, 0.1) is 45.2 Å². The molecule has 1 amide bonds. The number of aliphatic hydroxyl groups excluding tert-OH is 4. The molecule has 1 aromatic carbocycles. The average molecular weight is 686 g/mol. The molecule has 2 saturated heterocycles. The lowest BCUT2D eigenvalue weighted by Crippen LogP contribution is -2.66. The van der Waals surface area contributed by atoms with Crippen molar-refractivity contribution in [3.63, 3.8) is 0 Å². The minimum Gasteiger partial charge on any atom is -0.491 e. The quantitative estimate of drug-likeness (QED) is 0.0764. The third-order valence-corrected chi connectivity index (χ3v) is 7.87. The Bertz CT molecular complexity index is 1390. The van der Waals surface area contributed by atoms with Crippen LogP contribution in [-0.2, 0) is 42.7 Å². The molecule has 5 N–H and O–H groups in total. The Balaban J connectivity index is 1.22. The molecule has 0 spiro atoms. The van der Waals surface area contributed by atoms with Crippen molar-refractivity contribution >= 4 is 22.8 Å². The van der Waals surface area contributed by atoms with E-state index in [2.05, 4.69) is 5.32 Å². The number of amides is 1. The van der Waals surface area contributed by atoms with Crippen LogP contribution in [0.5, 0.6) is 5.75 Å². The van der Waals surface area contributed by atoms with E-state index in [9.17, 15) is 34.8 Å². The van der Waals surface area contributed by atoms with Gasteiger partial charge in [0.2, 0.25) is 5.91 Å². The molecule has 0 bridgehead atoms. The van der Waals surface area contributed by atoms with Crippen LogP contribution in [0.4, 0.5) is 0 Å². The van der Waals surface area contributed by atoms with E-state index in [1.54, 1.807) is 31.2 Å². The fraction of sp³-hybridized carbons (Fsp3) is 0.645. The first-order valence-electron chi connectivity index (χ1n) is 15.4. The van der Waals surface area contributed by atoms with Crippen molar-refractivity contribution in [2.24, 2.45) is 5.92 Å². The molecule has 3 heterocycles. The highest BCUT2D eigenvalue weighted by molar-refractivity contribution is 5.77. The Morgan fingerprint density at radius 3 is 2.27 bits per heavy atom. The zero-order valence-corrected chi connectivity index (χ0v) is 26.8. The number of carbonyl (C=O) groups excluding carboxylic acids is 2. The van der Waals surface area contributed by atoms with Gasteiger partial charge >= 0.3 is 11.6 Å². The maximum atomic E-state index is 13.1. The lowest BCUT2D eigenvalue weighted by molar-refractivity contribution is -0.335. The van der Waals surface area contributed by atoms with Gasteiger partial charge in [-0.3, -0.25) is 4.79 Å². The summed E-state index contributed by atoms with van der Waals surface area (Å²) in [5, 5.41) is 45.0. The van der Waals surface area contributed by atoms with Gasteiger partial charge in [-0.1, -0.05) is 6.92 Å². The number of aliphatic hydroxyl groups is 4. The second-order valence-electron chi connectivity index (χ2n) is 11.2. The lowest BCUT2D eigenvalue weighted by atomic mass is 9.88. The zero-order chi connectivity index (χ0) is 34.8. The molecule has 0 radical (unpaired) electrons. The molecule has 2 aliphatic rings. The number of nitrogens with one attached hydrogen (secondary N) is 1. The molecule has 17 nitrogen and oxygen atoms in total. The van der Waals surface area contributed by atoms with Gasteiger partial charge in [0.15, 0.2) is 18.7 Å². The van der Waals surface area contributed by atoms with Gasteiger partial charge in [0.25, 0.3) is 0 Å². The van der Waals surface area contributed by atoms with E-state index in [1.807, 2.05) is 0 Å². The van der Waals surface area contributed by atoms with E-state index >= 15 is 0 Å². The molecule has 17 heteroatoms. The molecule has 2 fully saturated rings. The number of hydrogen-bond donors (Lipinski definition) is 5. The smallest absolute Gasteiger partial charge is 0.338 e. The molecular formula is C31H43NO16. The van der Waals surface area contributed by atoms with Crippen LogP contribution in [0.2, 0.25) is 0 Å². The number of fused-ring (bicyclic) bond motifs is 1. The number of benzene rings is 1. The number of rotatable bonds is 16. The third-order valence-electron chi connectivity index (χ3n) is 7.87. The fourth-order valence-electron chi connectivity index (χ4n) is 5.32. The van der Waals surface area contributed by atoms with E-state index in [1.165, 1.54) is 20.1 Å². The minimum absolute atomic E-state index is 0.00501. The maximum absolute atomic E-state index is 13.1. The molecule has 48 heavy (non-hydrogen) atoms. The largest absolute Gasteiger partial charge is 0.491 e. The molecule has 4 rings (SSSR count). The highest BCUT2D eigenvalue weighted by atomic mass is 16.7. The summed E-state index contributed by atoms with van der Waals surface area (Å²) >= 11 is 0. The number of hydrogen-bond acceptors (Lipinski definition) is 16. The number of ether oxygens (including phenoxy) is 8. The minimum atomic E-state index is -1.73. The highest BCUT2D eigenvalue weighted by Gasteiger charge is 2.53. The normalized spacial score (nSPS) is 30.6. The summed E-state index contributed by atoms with van der Waals surface area (Å²) in [6.07, 6.45) is -11.5. The first-order valence-corrected chi connectivity index (χ1v) is 15.4. The van der Waals surface area contributed by atoms with Crippen LogP contribution in [0.3, 0.4) is 0 Å². The van der Waals surface area contributed by atoms with Gasteiger partial charge in [-0.15, -0.1) is 0 Å². The van der Waals surface area contributed by atoms with Crippen molar-refractivity contribution in [1.29, 1.82) is 0 Å². The van der Waals surface area contributed by atoms with Crippen molar-refractivity contribution in [1.82, 2.24) is 5.32 Å². The van der Waals surface area contributed by atoms with Gasteiger partial charge in [-0.2, -0.15) is 0 Å². The van der Waals surface area contributed by atoms with Crippen LogP contribution in [0, 0.1) is 5.92 Å². The second-order valence-corrected chi connectivity index (χ2v) is 11.2. The lowest BCUT2D eigenvalue weighted by Gasteiger charge is -2.47. The van der Waals surface area contributed by atoms with E-state index in [0.717, 1.165) is 5.39 Å². The van der Waals surface area contributed by atoms with E-state index in [-0.39, 0.29) is 39.6 Å². The van der Waals surface area contributed by atoms with Crippen molar-refractivity contribution in [3.8, 4) is 5.75 Å². The van der Waals surface area contributed by atoms with Crippen LogP contribution < -0.4 is 15.7 Å². The third kappa shape index (κ3) is 9.69. The summed E-state index contributed by atoms with van der Waals surface area (Å²) < 4.78 is 49.2. The van der Waals surface area contributed by atoms with Crippen LogP contribution >= 0.6 is 0 Å². The van der Waals surface area contributed by atoms with Crippen molar-refractivity contribution < 1.29 is 72.3 Å². The Morgan fingerprint density at radius 2 is 1.58 bits per heavy atom. The zero-order valence-electron chi connectivity index (χ0n) is 26.8. The van der Waals surface area contributed by atoms with Crippen molar-refractivity contribution in [2.45, 2.75) is 69.1 Å². The van der Waals surface area contributed by atoms with Crippen molar-refractivity contribution in [3.05, 3.63) is 40.8 Å². The molecule has 2 aliphatic heterocycles.